The van der Waals surface area contributed by atoms with Gasteiger partial charge in [-0.2, -0.15) is 8.78 Å². The molecule has 0 amide bonds. The average molecular weight is 178 g/mol. The lowest BCUT2D eigenvalue weighted by Crippen LogP contribution is -2.36. The molecule has 0 rings (SSSR count). The van der Waals surface area contributed by atoms with Crippen LogP contribution in [-0.2, 0) is 4.74 Å². The lowest BCUT2D eigenvalue weighted by molar-refractivity contribution is -0.353. The van der Waals surface area contributed by atoms with Crippen LogP contribution in [0.5, 0.6) is 0 Å². The largest absolute Gasteiger partial charge is 0.418 e. The minimum Gasteiger partial charge on any atom is -0.391 e. The number of halogens is 4. The molecule has 0 aliphatic carbocycles. The SMILES string of the molecule is OCC(O)OC(F)(F)C(F)F. The van der Waals surface area contributed by atoms with Crippen molar-refractivity contribution in [3.8, 4) is 0 Å². The third-order valence-corrected chi connectivity index (χ3v) is 0.703. The number of rotatable bonds is 4. The summed E-state index contributed by atoms with van der Waals surface area (Å²) in [5, 5.41) is 16.1. The molecule has 1 atom stereocenters. The molecule has 0 spiro atoms. The first kappa shape index (κ1) is 10.6. The van der Waals surface area contributed by atoms with Gasteiger partial charge >= 0.3 is 12.5 Å². The Labute approximate surface area is 59.2 Å². The van der Waals surface area contributed by atoms with Gasteiger partial charge < -0.3 is 10.2 Å². The van der Waals surface area contributed by atoms with Crippen molar-refractivity contribution in [3.63, 3.8) is 0 Å². The molecular weight excluding hydrogens is 172 g/mol. The summed E-state index contributed by atoms with van der Waals surface area (Å²) in [5.41, 5.74) is 0. The Morgan fingerprint density at radius 1 is 1.36 bits per heavy atom. The lowest BCUT2D eigenvalue weighted by atomic mass is 10.6. The fourth-order valence-corrected chi connectivity index (χ4v) is 0.270. The lowest BCUT2D eigenvalue weighted by Gasteiger charge is -2.18. The van der Waals surface area contributed by atoms with Gasteiger partial charge in [0.15, 0.2) is 6.29 Å². The van der Waals surface area contributed by atoms with E-state index >= 15 is 0 Å². The van der Waals surface area contributed by atoms with Crippen LogP contribution in [0.4, 0.5) is 17.6 Å². The van der Waals surface area contributed by atoms with Crippen LogP contribution in [0.2, 0.25) is 0 Å². The highest BCUT2D eigenvalue weighted by atomic mass is 19.3. The molecular formula is C4H6F4O3. The molecule has 0 bridgehead atoms. The molecule has 0 aliphatic heterocycles. The molecule has 0 fully saturated rings. The predicted molar refractivity (Wildman–Crippen MR) is 25.1 cm³/mol. The minimum atomic E-state index is -4.72. The van der Waals surface area contributed by atoms with E-state index in [-0.39, 0.29) is 0 Å². The molecule has 2 N–H and O–H groups in total. The standard InChI is InChI=1S/C4H6F4O3/c5-3(6)4(7,8)11-2(10)1-9/h2-3,9-10H,1H2. The van der Waals surface area contributed by atoms with E-state index < -0.39 is 25.4 Å². The van der Waals surface area contributed by atoms with Gasteiger partial charge in [0, 0.05) is 0 Å². The topological polar surface area (TPSA) is 49.7 Å². The molecule has 68 valence electrons. The first-order valence-corrected chi connectivity index (χ1v) is 2.53. The second kappa shape index (κ2) is 3.84. The summed E-state index contributed by atoms with van der Waals surface area (Å²) in [6.07, 6.45) is -11.0. The molecule has 11 heavy (non-hydrogen) atoms. The maximum absolute atomic E-state index is 11.7. The smallest absolute Gasteiger partial charge is 0.391 e. The summed E-state index contributed by atoms with van der Waals surface area (Å²) in [6.45, 7) is -1.16. The predicted octanol–water partition coefficient (Wildman–Crippen LogP) is 0.172. The van der Waals surface area contributed by atoms with E-state index in [0.717, 1.165) is 0 Å². The first-order valence-electron chi connectivity index (χ1n) is 2.53. The summed E-state index contributed by atoms with van der Waals surface area (Å²) >= 11 is 0. The fraction of sp³-hybridized carbons (Fsp3) is 1.00. The summed E-state index contributed by atoms with van der Waals surface area (Å²) in [7, 11) is 0. The molecule has 0 aromatic rings. The van der Waals surface area contributed by atoms with Crippen LogP contribution in [0.25, 0.3) is 0 Å². The molecule has 0 radical (unpaired) electrons. The molecule has 0 heterocycles. The molecule has 0 aromatic heterocycles. The summed E-state index contributed by atoms with van der Waals surface area (Å²) in [6, 6.07) is 0. The van der Waals surface area contributed by atoms with Crippen LogP contribution >= 0.6 is 0 Å². The number of hydrogen-bond acceptors (Lipinski definition) is 3. The van der Waals surface area contributed by atoms with E-state index in [1.165, 1.54) is 0 Å². The van der Waals surface area contributed by atoms with Gasteiger partial charge in [-0.05, 0) is 0 Å². The zero-order valence-corrected chi connectivity index (χ0v) is 5.18. The Morgan fingerprint density at radius 3 is 2.09 bits per heavy atom. The van der Waals surface area contributed by atoms with E-state index in [2.05, 4.69) is 4.74 Å². The number of aliphatic hydroxyl groups excluding tert-OH is 2. The summed E-state index contributed by atoms with van der Waals surface area (Å²) in [4.78, 5) is 0. The molecule has 7 heteroatoms. The molecule has 1 unspecified atom stereocenters. The Balaban J connectivity index is 3.90. The van der Waals surface area contributed by atoms with Crippen molar-refractivity contribution < 1.29 is 32.5 Å². The van der Waals surface area contributed by atoms with Gasteiger partial charge in [-0.3, -0.25) is 4.74 Å². The zero-order chi connectivity index (χ0) is 9.07. The van der Waals surface area contributed by atoms with Gasteiger partial charge in [-0.25, -0.2) is 8.78 Å². The molecule has 0 saturated heterocycles. The zero-order valence-electron chi connectivity index (χ0n) is 5.18. The molecule has 3 nitrogen and oxygen atoms in total. The summed E-state index contributed by atoms with van der Waals surface area (Å²) in [5.74, 6) is 0. The Bertz CT molecular complexity index is 118. The summed E-state index contributed by atoms with van der Waals surface area (Å²) < 4.78 is 49.0. The second-order valence-corrected chi connectivity index (χ2v) is 1.62. The molecule has 0 aromatic carbocycles. The van der Waals surface area contributed by atoms with E-state index in [4.69, 9.17) is 10.2 Å². The van der Waals surface area contributed by atoms with Crippen LogP contribution in [-0.4, -0.2) is 35.6 Å². The van der Waals surface area contributed by atoms with Gasteiger partial charge in [-0.15, -0.1) is 0 Å². The van der Waals surface area contributed by atoms with E-state index in [1.807, 2.05) is 0 Å². The van der Waals surface area contributed by atoms with Crippen molar-refractivity contribution in [2.24, 2.45) is 0 Å². The number of alkyl halides is 4. The van der Waals surface area contributed by atoms with Crippen molar-refractivity contribution in [2.45, 2.75) is 18.8 Å². The molecule has 0 saturated carbocycles. The van der Waals surface area contributed by atoms with Crippen molar-refractivity contribution in [1.82, 2.24) is 0 Å². The van der Waals surface area contributed by atoms with Crippen LogP contribution in [0.1, 0.15) is 0 Å². The number of aliphatic hydroxyl groups is 2. The van der Waals surface area contributed by atoms with Crippen LogP contribution in [0.15, 0.2) is 0 Å². The van der Waals surface area contributed by atoms with Gasteiger partial charge in [0.2, 0.25) is 0 Å². The fourth-order valence-electron chi connectivity index (χ4n) is 0.270. The van der Waals surface area contributed by atoms with Gasteiger partial charge in [0.25, 0.3) is 0 Å². The Hall–Kier alpha value is -0.400. The van der Waals surface area contributed by atoms with Crippen molar-refractivity contribution in [1.29, 1.82) is 0 Å². The minimum absolute atomic E-state index is 1.16. The maximum Gasteiger partial charge on any atom is 0.418 e. The van der Waals surface area contributed by atoms with Crippen LogP contribution in [0.3, 0.4) is 0 Å². The third-order valence-electron chi connectivity index (χ3n) is 0.703. The normalized spacial score (nSPS) is 15.5. The monoisotopic (exact) mass is 178 g/mol. The highest BCUT2D eigenvalue weighted by Crippen LogP contribution is 2.24. The van der Waals surface area contributed by atoms with Crippen molar-refractivity contribution in [2.75, 3.05) is 6.61 Å². The van der Waals surface area contributed by atoms with Crippen LogP contribution < -0.4 is 0 Å². The number of ether oxygens (including phenoxy) is 1. The highest BCUT2D eigenvalue weighted by Gasteiger charge is 2.44. The van der Waals surface area contributed by atoms with Crippen molar-refractivity contribution >= 4 is 0 Å². The van der Waals surface area contributed by atoms with Gasteiger partial charge in [0.1, 0.15) is 0 Å². The highest BCUT2D eigenvalue weighted by molar-refractivity contribution is 4.55. The van der Waals surface area contributed by atoms with Crippen LogP contribution in [0, 0.1) is 0 Å². The van der Waals surface area contributed by atoms with Crippen molar-refractivity contribution in [3.05, 3.63) is 0 Å². The van der Waals surface area contributed by atoms with Gasteiger partial charge in [0.05, 0.1) is 6.61 Å². The Morgan fingerprint density at radius 2 is 1.82 bits per heavy atom. The maximum atomic E-state index is 11.7. The van der Waals surface area contributed by atoms with Gasteiger partial charge in [-0.1, -0.05) is 0 Å². The molecule has 0 aliphatic rings. The Kier molecular flexibility index (Phi) is 3.70. The first-order chi connectivity index (χ1) is 4.90. The average Bonchev–Trinajstić information content (AvgIpc) is 1.86. The quantitative estimate of drug-likeness (QED) is 0.476. The number of hydrogen-bond donors (Lipinski definition) is 2. The third kappa shape index (κ3) is 3.49. The van der Waals surface area contributed by atoms with E-state index in [0.29, 0.717) is 0 Å². The van der Waals surface area contributed by atoms with E-state index in [9.17, 15) is 17.6 Å². The second-order valence-electron chi connectivity index (χ2n) is 1.62. The van der Waals surface area contributed by atoms with E-state index in [1.54, 1.807) is 0 Å².